The number of hydrogen-bond acceptors (Lipinski definition) is 7. The number of aryl methyl sites for hydroxylation is 1. The van der Waals surface area contributed by atoms with Gasteiger partial charge in [-0.15, -0.1) is 0 Å². The summed E-state index contributed by atoms with van der Waals surface area (Å²) in [6.07, 6.45) is -0.102. The number of nitrogen functional groups attached to an aromatic ring is 1. The van der Waals surface area contributed by atoms with Crippen molar-refractivity contribution in [1.29, 1.82) is 0 Å². The number of nitrogens with zero attached hydrogens (tertiary/aromatic N) is 1. The Balaban J connectivity index is 1.56. The number of rotatable bonds is 6. The molecule has 1 aromatic heterocycles. The average molecular weight is 457 g/mol. The molecular weight excluding hydrogens is 434 g/mol. The van der Waals surface area contributed by atoms with Gasteiger partial charge in [-0.1, -0.05) is 30.3 Å². The van der Waals surface area contributed by atoms with E-state index in [1.165, 1.54) is 4.57 Å². The van der Waals surface area contributed by atoms with Crippen LogP contribution >= 0.6 is 0 Å². The molecule has 0 aliphatic carbocycles. The average Bonchev–Trinajstić information content (AvgIpc) is 3.32. The molecule has 8 heteroatoms. The van der Waals surface area contributed by atoms with Gasteiger partial charge in [0.15, 0.2) is 17.3 Å². The Morgan fingerprint density at radius 2 is 1.82 bits per heavy atom. The molecule has 1 aliphatic heterocycles. The van der Waals surface area contributed by atoms with Gasteiger partial charge in [0.2, 0.25) is 6.79 Å². The Morgan fingerprint density at radius 3 is 2.65 bits per heavy atom. The predicted molar refractivity (Wildman–Crippen MR) is 130 cm³/mol. The second kappa shape index (κ2) is 8.47. The van der Waals surface area contributed by atoms with Crippen molar-refractivity contribution in [2.75, 3.05) is 17.8 Å². The van der Waals surface area contributed by atoms with Crippen molar-refractivity contribution in [2.24, 2.45) is 7.05 Å². The van der Waals surface area contributed by atoms with Crippen molar-refractivity contribution in [3.05, 3.63) is 88.2 Å². The topological polar surface area (TPSA) is 116 Å². The minimum Gasteiger partial charge on any atom is -0.506 e. The third-order valence-electron chi connectivity index (χ3n) is 6.03. The van der Waals surface area contributed by atoms with Crippen molar-refractivity contribution in [3.63, 3.8) is 0 Å². The number of carbonyl (C=O) groups excluding carboxylic acids is 1. The lowest BCUT2D eigenvalue weighted by Crippen LogP contribution is -2.27. The highest BCUT2D eigenvalue weighted by Gasteiger charge is 2.26. The van der Waals surface area contributed by atoms with Crippen LogP contribution in [0.4, 0.5) is 11.4 Å². The van der Waals surface area contributed by atoms with Crippen LogP contribution in [0.2, 0.25) is 0 Å². The fraction of sp³-hybridized carbons (Fsp3) is 0.154. The first-order chi connectivity index (χ1) is 16.4. The van der Waals surface area contributed by atoms with E-state index >= 15 is 0 Å². The normalized spacial score (nSPS) is 13.1. The van der Waals surface area contributed by atoms with E-state index in [0.717, 1.165) is 5.56 Å². The van der Waals surface area contributed by atoms with Crippen molar-refractivity contribution < 1.29 is 19.4 Å². The summed E-state index contributed by atoms with van der Waals surface area (Å²) in [6, 6.07) is 19.0. The molecule has 2 heterocycles. The number of hydrogen-bond donors (Lipinski definition) is 3. The van der Waals surface area contributed by atoms with Gasteiger partial charge < -0.3 is 30.2 Å². The number of fused-ring (bicyclic) bond motifs is 2. The van der Waals surface area contributed by atoms with E-state index in [1.807, 2.05) is 24.3 Å². The van der Waals surface area contributed by atoms with Crippen molar-refractivity contribution in [2.45, 2.75) is 12.5 Å². The minimum absolute atomic E-state index is 0.102. The first-order valence-corrected chi connectivity index (χ1v) is 10.8. The number of pyridine rings is 1. The van der Waals surface area contributed by atoms with Crippen LogP contribution in [0.5, 0.6) is 17.2 Å². The summed E-state index contributed by atoms with van der Waals surface area (Å²) in [5.74, 6) is 0.386. The number of Topliss-reactive ketones (excluding diaryl/α,β-unsaturated/α-hetero) is 1. The van der Waals surface area contributed by atoms with Crippen LogP contribution in [-0.2, 0) is 7.05 Å². The second-order valence-corrected chi connectivity index (χ2v) is 8.13. The number of para-hydroxylation sites is 3. The summed E-state index contributed by atoms with van der Waals surface area (Å²) in [7, 11) is 1.58. The third kappa shape index (κ3) is 3.69. The molecule has 0 fully saturated rings. The quantitative estimate of drug-likeness (QED) is 0.296. The largest absolute Gasteiger partial charge is 0.506 e. The van der Waals surface area contributed by atoms with Crippen LogP contribution in [0.25, 0.3) is 10.9 Å². The van der Waals surface area contributed by atoms with E-state index in [-0.39, 0.29) is 24.5 Å². The van der Waals surface area contributed by atoms with Crippen molar-refractivity contribution >= 4 is 28.1 Å². The zero-order valence-electron chi connectivity index (χ0n) is 18.4. The van der Waals surface area contributed by atoms with Crippen molar-refractivity contribution in [3.8, 4) is 17.2 Å². The molecule has 0 saturated heterocycles. The molecule has 5 rings (SSSR count). The SMILES string of the molecule is Cn1c(=O)c(C(=O)CC(Nc2ccccc2N)c2ccc3c(c2)OCO3)c(O)c2ccccc21. The number of ether oxygens (including phenoxy) is 2. The molecule has 1 unspecified atom stereocenters. The molecule has 1 atom stereocenters. The van der Waals surface area contributed by atoms with E-state index in [1.54, 1.807) is 49.5 Å². The molecular formula is C26H23N3O5. The number of nitrogens with two attached hydrogens (primary N) is 1. The van der Waals surface area contributed by atoms with Crippen LogP contribution in [0, 0.1) is 0 Å². The maximum absolute atomic E-state index is 13.5. The van der Waals surface area contributed by atoms with Gasteiger partial charge >= 0.3 is 0 Å². The van der Waals surface area contributed by atoms with Crippen LogP contribution in [0.1, 0.15) is 28.4 Å². The lowest BCUT2D eigenvalue weighted by Gasteiger charge is -2.22. The molecule has 3 aromatic carbocycles. The number of ketones is 1. The molecule has 0 radical (unpaired) electrons. The number of carbonyl (C=O) groups is 1. The number of anilines is 2. The van der Waals surface area contributed by atoms with Crippen molar-refractivity contribution in [1.82, 2.24) is 4.57 Å². The molecule has 0 spiro atoms. The lowest BCUT2D eigenvalue weighted by molar-refractivity contribution is 0.0972. The standard InChI is InChI=1S/C26H23N3O5/c1-29-20-9-5-2-6-16(20)25(31)24(26(29)32)21(30)13-19(28-18-8-4-3-7-17(18)27)15-10-11-22-23(12-15)34-14-33-22/h2-12,19,28,31H,13-14,27H2,1H3. The number of nitrogens with one attached hydrogen (secondary N) is 1. The van der Waals surface area contributed by atoms with E-state index in [0.29, 0.717) is 33.8 Å². The molecule has 34 heavy (non-hydrogen) atoms. The third-order valence-corrected chi connectivity index (χ3v) is 6.03. The van der Waals surface area contributed by atoms with Gasteiger partial charge in [0.1, 0.15) is 11.3 Å². The van der Waals surface area contributed by atoms with Crippen LogP contribution < -0.4 is 26.1 Å². The summed E-state index contributed by atoms with van der Waals surface area (Å²) < 4.78 is 12.3. The minimum atomic E-state index is -0.553. The monoisotopic (exact) mass is 457 g/mol. The lowest BCUT2D eigenvalue weighted by atomic mass is 9.96. The molecule has 0 saturated carbocycles. The highest BCUT2D eigenvalue weighted by molar-refractivity contribution is 6.04. The van der Waals surface area contributed by atoms with Gasteiger partial charge in [-0.05, 0) is 42.0 Å². The van der Waals surface area contributed by atoms with Crippen LogP contribution in [0.3, 0.4) is 0 Å². The van der Waals surface area contributed by atoms with Gasteiger partial charge in [0.25, 0.3) is 5.56 Å². The molecule has 1 aliphatic rings. The summed E-state index contributed by atoms with van der Waals surface area (Å²) in [6.45, 7) is 0.127. The fourth-order valence-corrected chi connectivity index (χ4v) is 4.22. The van der Waals surface area contributed by atoms with Gasteiger partial charge in [0, 0.05) is 18.9 Å². The van der Waals surface area contributed by atoms with E-state index in [4.69, 9.17) is 15.2 Å². The van der Waals surface area contributed by atoms with Gasteiger partial charge in [-0.25, -0.2) is 0 Å². The smallest absolute Gasteiger partial charge is 0.265 e. The van der Waals surface area contributed by atoms with E-state index in [9.17, 15) is 14.7 Å². The summed E-state index contributed by atoms with van der Waals surface area (Å²) in [4.78, 5) is 26.5. The van der Waals surface area contributed by atoms with Gasteiger partial charge in [0.05, 0.1) is 22.9 Å². The summed E-state index contributed by atoms with van der Waals surface area (Å²) in [5.41, 5.74) is 7.79. The fourth-order valence-electron chi connectivity index (χ4n) is 4.22. The first-order valence-electron chi connectivity index (χ1n) is 10.8. The Bertz CT molecular complexity index is 1480. The Hall–Kier alpha value is -4.46. The van der Waals surface area contributed by atoms with Crippen LogP contribution in [-0.4, -0.2) is 22.2 Å². The highest BCUT2D eigenvalue weighted by Crippen LogP contribution is 2.37. The summed E-state index contributed by atoms with van der Waals surface area (Å²) in [5, 5.41) is 14.6. The molecule has 0 amide bonds. The maximum atomic E-state index is 13.5. The highest BCUT2D eigenvalue weighted by atomic mass is 16.7. The molecule has 8 nitrogen and oxygen atoms in total. The zero-order valence-corrected chi connectivity index (χ0v) is 18.4. The molecule has 4 aromatic rings. The maximum Gasteiger partial charge on any atom is 0.265 e. The van der Waals surface area contributed by atoms with Gasteiger partial charge in [-0.3, -0.25) is 9.59 Å². The Labute approximate surface area is 195 Å². The second-order valence-electron chi connectivity index (χ2n) is 8.13. The van der Waals surface area contributed by atoms with E-state index < -0.39 is 17.4 Å². The zero-order chi connectivity index (χ0) is 23.8. The molecule has 4 N–H and O–H groups in total. The number of aromatic hydroxyl groups is 1. The molecule has 172 valence electrons. The summed E-state index contributed by atoms with van der Waals surface area (Å²) >= 11 is 0. The van der Waals surface area contributed by atoms with E-state index in [2.05, 4.69) is 5.32 Å². The first kappa shape index (κ1) is 21.4. The number of aromatic nitrogens is 1. The Morgan fingerprint density at radius 1 is 1.09 bits per heavy atom. The van der Waals surface area contributed by atoms with Gasteiger partial charge in [-0.2, -0.15) is 0 Å². The predicted octanol–water partition coefficient (Wildman–Crippen LogP) is 3.98. The Kier molecular flexibility index (Phi) is 5.33. The number of benzene rings is 3. The van der Waals surface area contributed by atoms with Crippen LogP contribution in [0.15, 0.2) is 71.5 Å². The molecule has 0 bridgehead atoms.